The maximum atomic E-state index is 12.3. The molecular weight excluding hydrogens is 332 g/mol. The maximum Gasteiger partial charge on any atom is 0.317 e. The molecule has 6 heteroatoms. The molecule has 0 bridgehead atoms. The topological polar surface area (TPSA) is 78.9 Å². The van der Waals surface area contributed by atoms with Gasteiger partial charge in [0, 0.05) is 25.2 Å². The smallest absolute Gasteiger partial charge is 0.317 e. The minimum Gasteiger partial charge on any atom is -0.481 e. The van der Waals surface area contributed by atoms with E-state index in [1.54, 1.807) is 4.90 Å². The number of benzene rings is 2. The van der Waals surface area contributed by atoms with E-state index in [1.807, 2.05) is 55.5 Å². The largest absolute Gasteiger partial charge is 0.481 e. The molecule has 2 aromatic carbocycles. The van der Waals surface area contributed by atoms with E-state index >= 15 is 0 Å². The highest BCUT2D eigenvalue weighted by molar-refractivity contribution is 5.77. The number of aryl methyl sites for hydroxylation is 1. The zero-order chi connectivity index (χ0) is 18.5. The van der Waals surface area contributed by atoms with Gasteiger partial charge in [0.1, 0.15) is 11.5 Å². The van der Waals surface area contributed by atoms with Gasteiger partial charge >= 0.3 is 12.0 Å². The van der Waals surface area contributed by atoms with Gasteiger partial charge in [0.05, 0.1) is 5.92 Å². The van der Waals surface area contributed by atoms with Crippen LogP contribution in [-0.4, -0.2) is 35.1 Å². The van der Waals surface area contributed by atoms with Crippen molar-refractivity contribution in [3.05, 3.63) is 59.7 Å². The van der Waals surface area contributed by atoms with E-state index in [4.69, 9.17) is 9.84 Å². The van der Waals surface area contributed by atoms with Gasteiger partial charge in [0.2, 0.25) is 0 Å². The van der Waals surface area contributed by atoms with Gasteiger partial charge in [0.25, 0.3) is 0 Å². The van der Waals surface area contributed by atoms with Crippen molar-refractivity contribution in [2.24, 2.45) is 5.92 Å². The molecule has 0 aliphatic carbocycles. The minimum absolute atomic E-state index is 0.251. The zero-order valence-electron chi connectivity index (χ0n) is 14.6. The molecule has 1 fully saturated rings. The number of ether oxygens (including phenoxy) is 1. The third kappa shape index (κ3) is 4.33. The van der Waals surface area contributed by atoms with Gasteiger partial charge in [-0.1, -0.05) is 35.9 Å². The molecule has 6 nitrogen and oxygen atoms in total. The van der Waals surface area contributed by atoms with E-state index in [9.17, 15) is 9.59 Å². The average Bonchev–Trinajstić information content (AvgIpc) is 3.13. The number of carbonyl (C=O) groups excluding carboxylic acids is 1. The van der Waals surface area contributed by atoms with Gasteiger partial charge in [-0.3, -0.25) is 4.79 Å². The predicted molar refractivity (Wildman–Crippen MR) is 97.2 cm³/mol. The summed E-state index contributed by atoms with van der Waals surface area (Å²) in [6, 6.07) is 15.0. The molecule has 0 radical (unpaired) electrons. The lowest BCUT2D eigenvalue weighted by atomic mass is 10.1. The van der Waals surface area contributed by atoms with E-state index < -0.39 is 11.9 Å². The number of aliphatic carboxylic acids is 1. The second-order valence-electron chi connectivity index (χ2n) is 6.45. The van der Waals surface area contributed by atoms with Crippen molar-refractivity contribution in [3.63, 3.8) is 0 Å². The molecule has 0 spiro atoms. The van der Waals surface area contributed by atoms with Crippen molar-refractivity contribution in [1.29, 1.82) is 0 Å². The fraction of sp³-hybridized carbons (Fsp3) is 0.300. The van der Waals surface area contributed by atoms with Crippen LogP contribution in [0.2, 0.25) is 0 Å². The van der Waals surface area contributed by atoms with Crippen molar-refractivity contribution in [2.45, 2.75) is 19.9 Å². The van der Waals surface area contributed by atoms with Crippen molar-refractivity contribution in [2.75, 3.05) is 13.1 Å². The molecule has 0 aromatic heterocycles. The van der Waals surface area contributed by atoms with E-state index in [2.05, 4.69) is 5.32 Å². The summed E-state index contributed by atoms with van der Waals surface area (Å²) in [5, 5.41) is 11.9. The Labute approximate surface area is 152 Å². The third-order valence-electron chi connectivity index (χ3n) is 4.48. The quantitative estimate of drug-likeness (QED) is 0.862. The lowest BCUT2D eigenvalue weighted by Crippen LogP contribution is -2.38. The standard InChI is InChI=1S/C20H22N2O4/c1-14-6-8-17(9-7-14)26-18-5-3-2-4-15(18)12-21-20(25)22-11-10-16(13-22)19(23)24/h2-9,16H,10-13H2,1H3,(H,21,25)(H,23,24). The van der Waals surface area contributed by atoms with Crippen LogP contribution in [-0.2, 0) is 11.3 Å². The molecule has 26 heavy (non-hydrogen) atoms. The molecule has 2 aromatic rings. The molecule has 3 rings (SSSR count). The third-order valence-corrected chi connectivity index (χ3v) is 4.48. The second-order valence-corrected chi connectivity index (χ2v) is 6.45. The summed E-state index contributed by atoms with van der Waals surface area (Å²) in [6.07, 6.45) is 0.496. The van der Waals surface area contributed by atoms with E-state index in [-0.39, 0.29) is 12.6 Å². The molecule has 1 saturated heterocycles. The van der Waals surface area contributed by atoms with E-state index in [0.717, 1.165) is 16.9 Å². The number of hydrogen-bond acceptors (Lipinski definition) is 3. The Morgan fingerprint density at radius 3 is 2.62 bits per heavy atom. The monoisotopic (exact) mass is 354 g/mol. The van der Waals surface area contributed by atoms with Gasteiger partial charge in [-0.25, -0.2) is 4.79 Å². The molecule has 2 amide bonds. The van der Waals surface area contributed by atoms with Crippen LogP contribution in [0.5, 0.6) is 11.5 Å². The zero-order valence-corrected chi connectivity index (χ0v) is 14.6. The summed E-state index contributed by atoms with van der Waals surface area (Å²) in [6.45, 7) is 3.04. The SMILES string of the molecule is Cc1ccc(Oc2ccccc2CNC(=O)N2CCC(C(=O)O)C2)cc1. The van der Waals surface area contributed by atoms with E-state index in [0.29, 0.717) is 25.3 Å². The fourth-order valence-corrected chi connectivity index (χ4v) is 2.91. The van der Waals surface area contributed by atoms with Gasteiger partial charge in [0.15, 0.2) is 0 Å². The Kier molecular flexibility index (Phi) is 5.41. The molecule has 0 saturated carbocycles. The molecule has 1 aliphatic heterocycles. The number of nitrogens with zero attached hydrogens (tertiary/aromatic N) is 1. The summed E-state index contributed by atoms with van der Waals surface area (Å²) >= 11 is 0. The molecule has 1 unspecified atom stereocenters. The average molecular weight is 354 g/mol. The number of para-hydroxylation sites is 1. The van der Waals surface area contributed by atoms with Crippen LogP contribution < -0.4 is 10.1 Å². The minimum atomic E-state index is -0.850. The Morgan fingerprint density at radius 1 is 1.19 bits per heavy atom. The van der Waals surface area contributed by atoms with Gasteiger partial charge < -0.3 is 20.1 Å². The Hall–Kier alpha value is -3.02. The van der Waals surface area contributed by atoms with Crippen LogP contribution in [0.4, 0.5) is 4.79 Å². The van der Waals surface area contributed by atoms with Crippen molar-refractivity contribution in [3.8, 4) is 11.5 Å². The normalized spacial score (nSPS) is 16.3. The van der Waals surface area contributed by atoms with Crippen LogP contribution in [0.3, 0.4) is 0 Å². The Bertz CT molecular complexity index is 789. The lowest BCUT2D eigenvalue weighted by Gasteiger charge is -2.18. The summed E-state index contributed by atoms with van der Waals surface area (Å²) in [5.41, 5.74) is 2.01. The number of hydrogen-bond donors (Lipinski definition) is 2. The highest BCUT2D eigenvalue weighted by atomic mass is 16.5. The van der Waals surface area contributed by atoms with Crippen LogP contribution in [0.1, 0.15) is 17.5 Å². The highest BCUT2D eigenvalue weighted by Crippen LogP contribution is 2.25. The van der Waals surface area contributed by atoms with Gasteiger partial charge in [-0.2, -0.15) is 0 Å². The summed E-state index contributed by atoms with van der Waals surface area (Å²) in [4.78, 5) is 24.8. The number of carboxylic acid groups (broad SMARTS) is 1. The Balaban J connectivity index is 1.61. The van der Waals surface area contributed by atoms with Crippen LogP contribution >= 0.6 is 0 Å². The summed E-state index contributed by atoms with van der Waals surface area (Å²) in [7, 11) is 0. The second kappa shape index (κ2) is 7.91. The number of carbonyl (C=O) groups is 2. The van der Waals surface area contributed by atoms with Crippen molar-refractivity contribution in [1.82, 2.24) is 10.2 Å². The molecule has 136 valence electrons. The first-order valence-corrected chi connectivity index (χ1v) is 8.61. The first kappa shape index (κ1) is 17.8. The van der Waals surface area contributed by atoms with Gasteiger partial charge in [-0.15, -0.1) is 0 Å². The van der Waals surface area contributed by atoms with Gasteiger partial charge in [-0.05, 0) is 31.5 Å². The van der Waals surface area contributed by atoms with Crippen LogP contribution in [0.25, 0.3) is 0 Å². The van der Waals surface area contributed by atoms with Crippen LogP contribution in [0.15, 0.2) is 48.5 Å². The molecule has 2 N–H and O–H groups in total. The molecule has 1 atom stereocenters. The molecular formula is C20H22N2O4. The molecule has 1 aliphatic rings. The first-order chi connectivity index (χ1) is 12.5. The number of amides is 2. The Morgan fingerprint density at radius 2 is 1.92 bits per heavy atom. The number of nitrogens with one attached hydrogen (secondary N) is 1. The summed E-state index contributed by atoms with van der Waals surface area (Å²) in [5.74, 6) is 0.0924. The first-order valence-electron chi connectivity index (χ1n) is 8.61. The number of urea groups is 1. The fourth-order valence-electron chi connectivity index (χ4n) is 2.91. The lowest BCUT2D eigenvalue weighted by molar-refractivity contribution is -0.141. The summed E-state index contributed by atoms with van der Waals surface area (Å²) < 4.78 is 5.93. The van der Waals surface area contributed by atoms with E-state index in [1.165, 1.54) is 0 Å². The maximum absolute atomic E-state index is 12.3. The van der Waals surface area contributed by atoms with Crippen molar-refractivity contribution < 1.29 is 19.4 Å². The number of carboxylic acids is 1. The van der Waals surface area contributed by atoms with Crippen molar-refractivity contribution >= 4 is 12.0 Å². The highest BCUT2D eigenvalue weighted by Gasteiger charge is 2.30. The predicted octanol–water partition coefficient (Wildman–Crippen LogP) is 3.40. The number of likely N-dealkylation sites (tertiary alicyclic amines) is 1. The van der Waals surface area contributed by atoms with Crippen LogP contribution in [0, 0.1) is 12.8 Å². The number of rotatable bonds is 5. The molecule has 1 heterocycles.